The summed E-state index contributed by atoms with van der Waals surface area (Å²) in [5.74, 6) is -1.34. The molecule has 0 radical (unpaired) electrons. The first-order valence-corrected chi connectivity index (χ1v) is 11.9. The second-order valence-electron chi connectivity index (χ2n) is 9.32. The fraction of sp³-hybridized carbons (Fsp3) is 0.444. The first-order valence-electron chi connectivity index (χ1n) is 11.9. The van der Waals surface area contributed by atoms with Gasteiger partial charge < -0.3 is 25.2 Å². The summed E-state index contributed by atoms with van der Waals surface area (Å²) in [5, 5.41) is 14.5. The van der Waals surface area contributed by atoms with Crippen molar-refractivity contribution in [1.82, 2.24) is 10.6 Å². The van der Waals surface area contributed by atoms with E-state index < -0.39 is 24.0 Å². The molecule has 3 rings (SSSR count). The zero-order valence-electron chi connectivity index (χ0n) is 20.5. The lowest BCUT2D eigenvalue weighted by molar-refractivity contribution is -0.138. The Balaban J connectivity index is 1.58. The molecule has 0 fully saturated rings. The van der Waals surface area contributed by atoms with E-state index in [1.807, 2.05) is 50.2 Å². The highest BCUT2D eigenvalue weighted by Crippen LogP contribution is 2.44. The third kappa shape index (κ3) is 7.05. The van der Waals surface area contributed by atoms with Crippen molar-refractivity contribution in [3.63, 3.8) is 0 Å². The minimum Gasteiger partial charge on any atom is -0.481 e. The molecule has 2 atom stereocenters. The fourth-order valence-corrected chi connectivity index (χ4v) is 4.65. The van der Waals surface area contributed by atoms with Crippen LogP contribution in [0.2, 0.25) is 0 Å². The maximum absolute atomic E-state index is 12.7. The Bertz CT molecular complexity index is 992. The van der Waals surface area contributed by atoms with Gasteiger partial charge in [-0.3, -0.25) is 9.59 Å². The van der Waals surface area contributed by atoms with Crippen molar-refractivity contribution in [2.75, 3.05) is 26.9 Å². The highest BCUT2D eigenvalue weighted by atomic mass is 16.5. The van der Waals surface area contributed by atoms with Crippen LogP contribution in [0, 0.1) is 11.8 Å². The Morgan fingerprint density at radius 1 is 1.00 bits per heavy atom. The maximum Gasteiger partial charge on any atom is 0.407 e. The lowest BCUT2D eigenvalue weighted by Crippen LogP contribution is -2.50. The molecule has 1 unspecified atom stereocenters. The number of ether oxygens (including phenoxy) is 2. The van der Waals surface area contributed by atoms with E-state index in [0.29, 0.717) is 12.3 Å². The molecule has 188 valence electrons. The minimum absolute atomic E-state index is 0.0345. The summed E-state index contributed by atoms with van der Waals surface area (Å²) >= 11 is 0. The molecule has 8 nitrogen and oxygen atoms in total. The van der Waals surface area contributed by atoms with Gasteiger partial charge in [-0.2, -0.15) is 0 Å². The number of rotatable bonds is 12. The van der Waals surface area contributed by atoms with Gasteiger partial charge in [0.1, 0.15) is 12.6 Å². The van der Waals surface area contributed by atoms with Crippen LogP contribution in [0.15, 0.2) is 48.5 Å². The van der Waals surface area contributed by atoms with Crippen LogP contribution in [0.3, 0.4) is 0 Å². The molecule has 0 spiro atoms. The molecule has 2 aromatic rings. The number of carboxylic acids is 1. The summed E-state index contributed by atoms with van der Waals surface area (Å²) in [6.07, 6.45) is -0.0810. The smallest absolute Gasteiger partial charge is 0.407 e. The fourth-order valence-electron chi connectivity index (χ4n) is 4.65. The monoisotopic (exact) mass is 482 g/mol. The number of hydrogen-bond donors (Lipinski definition) is 3. The van der Waals surface area contributed by atoms with Gasteiger partial charge in [0.15, 0.2) is 0 Å². The quantitative estimate of drug-likeness (QED) is 0.424. The van der Waals surface area contributed by atoms with E-state index in [2.05, 4.69) is 22.8 Å². The van der Waals surface area contributed by atoms with E-state index in [-0.39, 0.29) is 38.0 Å². The van der Waals surface area contributed by atoms with Crippen LogP contribution in [0.1, 0.15) is 43.7 Å². The number of carbonyl (C=O) groups is 3. The number of hydrogen-bond acceptors (Lipinski definition) is 5. The number of methoxy groups -OCH3 is 1. The number of amides is 2. The number of carbonyl (C=O) groups excluding carboxylic acids is 2. The average molecular weight is 483 g/mol. The van der Waals surface area contributed by atoms with Gasteiger partial charge in [0.05, 0.1) is 6.61 Å². The van der Waals surface area contributed by atoms with Gasteiger partial charge in [0.25, 0.3) is 0 Å². The molecule has 0 saturated carbocycles. The Morgan fingerprint density at radius 3 is 2.14 bits per heavy atom. The van der Waals surface area contributed by atoms with Gasteiger partial charge in [-0.15, -0.1) is 0 Å². The highest BCUT2D eigenvalue weighted by molar-refractivity contribution is 5.86. The molecule has 0 aromatic heterocycles. The summed E-state index contributed by atoms with van der Waals surface area (Å²) in [7, 11) is 1.44. The molecule has 0 bridgehead atoms. The predicted octanol–water partition coefficient (Wildman–Crippen LogP) is 3.79. The average Bonchev–Trinajstić information content (AvgIpc) is 3.14. The number of carboxylic acid groups (broad SMARTS) is 1. The van der Waals surface area contributed by atoms with Gasteiger partial charge in [-0.05, 0) is 40.5 Å². The van der Waals surface area contributed by atoms with Crippen LogP contribution < -0.4 is 10.6 Å². The summed E-state index contributed by atoms with van der Waals surface area (Å²) in [6.45, 7) is 4.31. The molecule has 2 aromatic carbocycles. The maximum atomic E-state index is 12.7. The standard InChI is InChI=1S/C27H34N2O6/c1-17(2)12-18(13-25(30)31)14-28-26(32)24(16-34-3)29-27(33)35-15-23-21-10-6-4-8-19(21)20-9-5-7-11-22(20)23/h4-11,17-18,23-24H,12-16H2,1-3H3,(H,28,32)(H,29,33)(H,30,31)/t18?,24-/m0/s1. The second-order valence-corrected chi connectivity index (χ2v) is 9.32. The molecular formula is C27H34N2O6. The summed E-state index contributed by atoms with van der Waals surface area (Å²) in [5.41, 5.74) is 4.46. The van der Waals surface area contributed by atoms with Crippen molar-refractivity contribution in [3.8, 4) is 11.1 Å². The topological polar surface area (TPSA) is 114 Å². The van der Waals surface area contributed by atoms with E-state index in [4.69, 9.17) is 14.6 Å². The number of fused-ring (bicyclic) bond motifs is 3. The van der Waals surface area contributed by atoms with E-state index in [1.165, 1.54) is 7.11 Å². The Morgan fingerprint density at radius 2 is 1.60 bits per heavy atom. The number of nitrogens with one attached hydrogen (secondary N) is 2. The van der Waals surface area contributed by atoms with Crippen LogP contribution in [0.5, 0.6) is 0 Å². The van der Waals surface area contributed by atoms with Gasteiger partial charge in [-0.25, -0.2) is 4.79 Å². The lowest BCUT2D eigenvalue weighted by Gasteiger charge is -2.22. The highest BCUT2D eigenvalue weighted by Gasteiger charge is 2.30. The van der Waals surface area contributed by atoms with Gasteiger partial charge >= 0.3 is 12.1 Å². The zero-order chi connectivity index (χ0) is 25.4. The molecule has 35 heavy (non-hydrogen) atoms. The number of benzene rings is 2. The summed E-state index contributed by atoms with van der Waals surface area (Å²) in [4.78, 5) is 36.5. The van der Waals surface area contributed by atoms with E-state index in [1.54, 1.807) is 0 Å². The molecule has 1 aliphatic carbocycles. The van der Waals surface area contributed by atoms with E-state index >= 15 is 0 Å². The Hall–Kier alpha value is -3.39. The second kappa shape index (κ2) is 12.4. The molecule has 2 amide bonds. The third-order valence-corrected chi connectivity index (χ3v) is 6.12. The molecule has 0 saturated heterocycles. The summed E-state index contributed by atoms with van der Waals surface area (Å²) in [6, 6.07) is 15.1. The molecular weight excluding hydrogens is 448 g/mol. The van der Waals surface area contributed by atoms with Crippen LogP contribution in [0.25, 0.3) is 11.1 Å². The first kappa shape index (κ1) is 26.2. The van der Waals surface area contributed by atoms with Gasteiger partial charge in [-0.1, -0.05) is 62.4 Å². The van der Waals surface area contributed by atoms with Crippen LogP contribution in [0.4, 0.5) is 4.79 Å². The van der Waals surface area contributed by atoms with Crippen molar-refractivity contribution < 1.29 is 29.0 Å². The Labute approximate surface area is 206 Å². The van der Waals surface area contributed by atoms with Crippen molar-refractivity contribution >= 4 is 18.0 Å². The SMILES string of the molecule is COC[C@H](NC(=O)OCC1c2ccccc2-c2ccccc21)C(=O)NCC(CC(=O)O)CC(C)C. The summed E-state index contributed by atoms with van der Waals surface area (Å²) < 4.78 is 10.6. The molecule has 8 heteroatoms. The third-order valence-electron chi connectivity index (χ3n) is 6.12. The molecule has 0 aliphatic heterocycles. The molecule has 1 aliphatic rings. The predicted molar refractivity (Wildman–Crippen MR) is 132 cm³/mol. The van der Waals surface area contributed by atoms with Crippen LogP contribution >= 0.6 is 0 Å². The Kier molecular flexibility index (Phi) is 9.25. The van der Waals surface area contributed by atoms with Crippen LogP contribution in [-0.2, 0) is 19.1 Å². The van der Waals surface area contributed by atoms with E-state index in [9.17, 15) is 14.4 Å². The van der Waals surface area contributed by atoms with Gasteiger partial charge in [0.2, 0.25) is 5.91 Å². The van der Waals surface area contributed by atoms with Crippen molar-refractivity contribution in [3.05, 3.63) is 59.7 Å². The number of alkyl carbamates (subject to hydrolysis) is 1. The zero-order valence-corrected chi connectivity index (χ0v) is 20.5. The largest absolute Gasteiger partial charge is 0.481 e. The van der Waals surface area contributed by atoms with Crippen molar-refractivity contribution in [2.45, 2.75) is 38.6 Å². The molecule has 0 heterocycles. The van der Waals surface area contributed by atoms with Gasteiger partial charge in [0, 0.05) is 26.0 Å². The first-order chi connectivity index (χ1) is 16.8. The minimum atomic E-state index is -0.958. The normalized spacial score (nSPS) is 14.1. The lowest BCUT2D eigenvalue weighted by atomic mass is 9.94. The molecule has 3 N–H and O–H groups in total. The van der Waals surface area contributed by atoms with Crippen molar-refractivity contribution in [1.29, 1.82) is 0 Å². The van der Waals surface area contributed by atoms with E-state index in [0.717, 1.165) is 22.3 Å². The van der Waals surface area contributed by atoms with Crippen LogP contribution in [-0.4, -0.2) is 56.0 Å². The van der Waals surface area contributed by atoms with Crippen molar-refractivity contribution in [2.24, 2.45) is 11.8 Å². The number of aliphatic carboxylic acids is 1.